The number of anilines is 3. The van der Waals surface area contributed by atoms with Crippen LogP contribution in [0, 0.1) is 29.1 Å². The average Bonchev–Trinajstić information content (AvgIpc) is 3.90. The Balaban J connectivity index is 1.11. The van der Waals surface area contributed by atoms with E-state index in [0.717, 1.165) is 23.7 Å². The van der Waals surface area contributed by atoms with E-state index >= 15 is 0 Å². The van der Waals surface area contributed by atoms with Crippen molar-refractivity contribution in [1.29, 1.82) is 0 Å². The van der Waals surface area contributed by atoms with Gasteiger partial charge in [-0.05, 0) is 229 Å². The summed E-state index contributed by atoms with van der Waals surface area (Å²) in [6, 6.07) is 38.3. The SMILES string of the molecule is CC1(C)CCC(C)(C)c2cc(-c3cc(N(c4ccc5c(c4)C(C)(C)CCC5(C)C)c4ccc5c(c4)C(C)(C)CCC5(C)C)cc4c3-c3ccccc3C43C4CC5CC6CC3C64C5)ccc21. The summed E-state index contributed by atoms with van der Waals surface area (Å²) in [5.41, 5.74) is 23.9. The normalized spacial score (nSPS) is 31.9. The fraction of sp³-hybridized carbons (Fsp3) is 0.531. The lowest BCUT2D eigenvalue weighted by atomic mass is 9.27. The van der Waals surface area contributed by atoms with Crippen LogP contribution < -0.4 is 4.90 Å². The van der Waals surface area contributed by atoms with E-state index in [1.807, 2.05) is 0 Å². The molecule has 6 atom stereocenters. The summed E-state index contributed by atoms with van der Waals surface area (Å²) in [5, 5.41) is 0. The maximum absolute atomic E-state index is 2.78. The number of hydrogen-bond acceptors (Lipinski definition) is 1. The topological polar surface area (TPSA) is 3.24 Å². The van der Waals surface area contributed by atoms with Crippen LogP contribution >= 0.6 is 0 Å². The van der Waals surface area contributed by atoms with Gasteiger partial charge in [-0.2, -0.15) is 0 Å². The van der Waals surface area contributed by atoms with E-state index in [2.05, 4.69) is 179 Å². The summed E-state index contributed by atoms with van der Waals surface area (Å²) in [7, 11) is 0. The van der Waals surface area contributed by atoms with Crippen molar-refractivity contribution in [3.8, 4) is 22.3 Å². The standard InChI is InChI=1S/C64H75N/c1-57(2)23-26-60(7,8)50-31-39(17-20-47(50)57)45-33-43(36-53-56(45)44-15-13-14-16-46(44)64(53)54-30-38-29-40-32-55(64)63(40,54)37-38)65(41-18-21-48-51(34-41)61(9,10)27-24-58(48,3)4)42-19-22-49-52(35-42)62(11,12)28-25-59(49,5)6/h13-22,31,33-36,38,40,54-55H,23-30,32,37H2,1-12H3. The number of hydrogen-bond donors (Lipinski definition) is 0. The molecule has 4 fully saturated rings. The minimum absolute atomic E-state index is 0.0905. The summed E-state index contributed by atoms with van der Waals surface area (Å²) < 4.78 is 0. The lowest BCUT2D eigenvalue weighted by molar-refractivity contribution is -0.231. The number of rotatable bonds is 4. The molecular formula is C64H75N. The third-order valence-corrected chi connectivity index (χ3v) is 21.3. The van der Waals surface area contributed by atoms with E-state index in [0.29, 0.717) is 5.41 Å². The summed E-state index contributed by atoms with van der Waals surface area (Å²) in [6.07, 6.45) is 13.1. The van der Waals surface area contributed by atoms with Gasteiger partial charge in [0, 0.05) is 22.5 Å². The highest BCUT2D eigenvalue weighted by Crippen LogP contribution is 2.90. The van der Waals surface area contributed by atoms with Gasteiger partial charge in [0.15, 0.2) is 0 Å². The molecule has 13 rings (SSSR count). The minimum Gasteiger partial charge on any atom is -0.310 e. The van der Waals surface area contributed by atoms with Gasteiger partial charge in [-0.25, -0.2) is 0 Å². The lowest BCUT2D eigenvalue weighted by Gasteiger charge is -2.76. The van der Waals surface area contributed by atoms with Gasteiger partial charge < -0.3 is 4.90 Å². The Labute approximate surface area is 392 Å². The third-order valence-electron chi connectivity index (χ3n) is 21.3. The van der Waals surface area contributed by atoms with Gasteiger partial charge in [-0.1, -0.05) is 138 Å². The fourth-order valence-corrected chi connectivity index (χ4v) is 17.4. The molecule has 336 valence electrons. The van der Waals surface area contributed by atoms with Crippen LogP contribution in [0.4, 0.5) is 17.1 Å². The van der Waals surface area contributed by atoms with Crippen molar-refractivity contribution in [1.82, 2.24) is 0 Å². The third kappa shape index (κ3) is 5.13. The zero-order valence-corrected chi connectivity index (χ0v) is 42.0. The Morgan fingerprint density at radius 3 is 1.43 bits per heavy atom. The van der Waals surface area contributed by atoms with Crippen molar-refractivity contribution in [2.24, 2.45) is 29.1 Å². The summed E-state index contributed by atoms with van der Waals surface area (Å²) in [5.74, 6) is 3.37. The zero-order valence-electron chi connectivity index (χ0n) is 42.0. The van der Waals surface area contributed by atoms with Gasteiger partial charge in [0.2, 0.25) is 0 Å². The second-order valence-corrected chi connectivity index (χ2v) is 27.4. The van der Waals surface area contributed by atoms with Crippen molar-refractivity contribution in [3.63, 3.8) is 0 Å². The smallest absolute Gasteiger partial charge is 0.0471 e. The Hall–Kier alpha value is -4.10. The molecule has 8 aliphatic rings. The molecule has 2 bridgehead atoms. The average molecular weight is 858 g/mol. The second kappa shape index (κ2) is 12.5. The Bertz CT molecular complexity index is 2810. The number of fused-ring (bicyclic) bond motifs is 11. The zero-order chi connectivity index (χ0) is 45.2. The summed E-state index contributed by atoms with van der Waals surface area (Å²) in [4.78, 5) is 2.74. The highest BCUT2D eigenvalue weighted by molar-refractivity contribution is 5.97. The number of nitrogens with zero attached hydrogens (tertiary/aromatic N) is 1. The molecule has 1 heteroatoms. The van der Waals surface area contributed by atoms with Crippen LogP contribution in [-0.2, 0) is 37.9 Å². The molecule has 0 saturated heterocycles. The van der Waals surface area contributed by atoms with Crippen LogP contribution in [0.5, 0.6) is 0 Å². The van der Waals surface area contributed by atoms with Gasteiger partial charge in [0.1, 0.15) is 0 Å². The van der Waals surface area contributed by atoms with E-state index in [1.165, 1.54) is 120 Å². The van der Waals surface area contributed by atoms with Gasteiger partial charge >= 0.3 is 0 Å². The molecule has 0 aromatic heterocycles. The molecule has 1 nitrogen and oxygen atoms in total. The predicted octanol–water partition coefficient (Wildman–Crippen LogP) is 17.2. The first-order valence-electron chi connectivity index (χ1n) is 26.1. The molecule has 0 aliphatic heterocycles. The van der Waals surface area contributed by atoms with Gasteiger partial charge in [-0.15, -0.1) is 0 Å². The molecule has 0 heterocycles. The second-order valence-electron chi connectivity index (χ2n) is 27.4. The van der Waals surface area contributed by atoms with Crippen LogP contribution in [0.15, 0.2) is 91.0 Å². The molecule has 5 aromatic carbocycles. The van der Waals surface area contributed by atoms with Crippen molar-refractivity contribution in [2.75, 3.05) is 4.90 Å². The Morgan fingerprint density at radius 2 is 0.877 bits per heavy atom. The Kier molecular flexibility index (Phi) is 7.91. The largest absolute Gasteiger partial charge is 0.310 e. The molecule has 6 unspecified atom stereocenters. The predicted molar refractivity (Wildman–Crippen MR) is 273 cm³/mol. The molecule has 0 N–H and O–H groups in total. The van der Waals surface area contributed by atoms with Crippen molar-refractivity contribution >= 4 is 17.1 Å². The molecule has 0 amide bonds. The highest BCUT2D eigenvalue weighted by atomic mass is 15.1. The molecule has 65 heavy (non-hydrogen) atoms. The Morgan fingerprint density at radius 1 is 0.400 bits per heavy atom. The van der Waals surface area contributed by atoms with E-state index in [4.69, 9.17) is 0 Å². The molecule has 5 aromatic rings. The minimum atomic E-state index is 0.0905. The quantitative estimate of drug-likeness (QED) is 0.174. The molecular weight excluding hydrogens is 783 g/mol. The lowest BCUT2D eigenvalue weighted by Crippen LogP contribution is -2.73. The summed E-state index contributed by atoms with van der Waals surface area (Å²) >= 11 is 0. The van der Waals surface area contributed by atoms with Crippen LogP contribution in [-0.4, -0.2) is 0 Å². The number of benzene rings is 5. The molecule has 4 saturated carbocycles. The van der Waals surface area contributed by atoms with Crippen LogP contribution in [0.25, 0.3) is 22.3 Å². The van der Waals surface area contributed by atoms with Crippen LogP contribution in [0.2, 0.25) is 0 Å². The summed E-state index contributed by atoms with van der Waals surface area (Å²) in [6.45, 7) is 29.9. The van der Waals surface area contributed by atoms with Gasteiger partial charge in [0.05, 0.1) is 0 Å². The maximum atomic E-state index is 2.78. The monoisotopic (exact) mass is 858 g/mol. The first-order chi connectivity index (χ1) is 30.6. The highest BCUT2D eigenvalue weighted by Gasteiger charge is 2.84. The first-order valence-corrected chi connectivity index (χ1v) is 26.1. The van der Waals surface area contributed by atoms with Crippen molar-refractivity contribution < 1.29 is 0 Å². The molecule has 2 spiro atoms. The van der Waals surface area contributed by atoms with E-state index in [-0.39, 0.29) is 37.9 Å². The van der Waals surface area contributed by atoms with Crippen LogP contribution in [0.3, 0.4) is 0 Å². The molecule has 0 radical (unpaired) electrons. The van der Waals surface area contributed by atoms with E-state index in [1.54, 1.807) is 27.8 Å². The fourth-order valence-electron chi connectivity index (χ4n) is 17.4. The van der Waals surface area contributed by atoms with Crippen LogP contribution in [0.1, 0.15) is 192 Å². The van der Waals surface area contributed by atoms with Crippen molar-refractivity contribution in [2.45, 2.75) is 185 Å². The van der Waals surface area contributed by atoms with Crippen molar-refractivity contribution in [3.05, 3.63) is 136 Å². The van der Waals surface area contributed by atoms with Gasteiger partial charge in [-0.3, -0.25) is 0 Å². The maximum Gasteiger partial charge on any atom is 0.0471 e. The van der Waals surface area contributed by atoms with E-state index < -0.39 is 0 Å². The van der Waals surface area contributed by atoms with E-state index in [9.17, 15) is 0 Å². The van der Waals surface area contributed by atoms with Gasteiger partial charge in [0.25, 0.3) is 0 Å². The first kappa shape index (κ1) is 41.1. The molecule has 8 aliphatic carbocycles.